The molecule has 1 aromatic carbocycles. The molecule has 0 saturated heterocycles. The molecule has 108 valence electrons. The molecule has 2 fully saturated rings. The van der Waals surface area contributed by atoms with Crippen LogP contribution in [0.15, 0.2) is 24.3 Å². The lowest BCUT2D eigenvalue weighted by atomic mass is 9.84. The molecule has 3 N–H and O–H groups in total. The van der Waals surface area contributed by atoms with Gasteiger partial charge in [0.1, 0.15) is 0 Å². The first kappa shape index (κ1) is 13.9. The van der Waals surface area contributed by atoms with Crippen LogP contribution >= 0.6 is 11.6 Å². The Kier molecular flexibility index (Phi) is 3.74. The highest BCUT2D eigenvalue weighted by Crippen LogP contribution is 2.47. The van der Waals surface area contributed by atoms with Gasteiger partial charge in [-0.2, -0.15) is 0 Å². The van der Waals surface area contributed by atoms with Gasteiger partial charge in [-0.25, -0.2) is 0 Å². The number of fused-ring (bicyclic) bond motifs is 2. The summed E-state index contributed by atoms with van der Waals surface area (Å²) in [5.41, 5.74) is 7.18. The highest BCUT2D eigenvalue weighted by Gasteiger charge is 2.49. The van der Waals surface area contributed by atoms with E-state index in [9.17, 15) is 4.79 Å². The molecular formula is C16H21ClN2O. The third-order valence-corrected chi connectivity index (χ3v) is 5.36. The fraction of sp³-hybridized carbons (Fsp3) is 0.562. The van der Waals surface area contributed by atoms with E-state index in [1.807, 2.05) is 31.2 Å². The summed E-state index contributed by atoms with van der Waals surface area (Å²) in [5, 5.41) is 3.78. The molecule has 2 aliphatic carbocycles. The van der Waals surface area contributed by atoms with Crippen molar-refractivity contribution in [2.75, 3.05) is 0 Å². The van der Waals surface area contributed by atoms with Gasteiger partial charge in [-0.15, -0.1) is 0 Å². The standard InChI is InChI=1S/C16H21ClN2O/c1-9(12-4-2-3-5-13(12)17)19-16(20)14-10-6-7-11(8-10)15(14)18/h2-5,9-11,14-15H,6-8,18H2,1H3,(H,19,20)/t9-,10?,11?,14?,15?/m0/s1. The highest BCUT2D eigenvalue weighted by molar-refractivity contribution is 6.31. The Morgan fingerprint density at radius 3 is 2.70 bits per heavy atom. The van der Waals surface area contributed by atoms with Crippen LogP contribution in [0.3, 0.4) is 0 Å². The van der Waals surface area contributed by atoms with E-state index in [-0.39, 0.29) is 23.9 Å². The molecule has 2 saturated carbocycles. The van der Waals surface area contributed by atoms with Crippen LogP contribution in [0.5, 0.6) is 0 Å². The number of nitrogens with one attached hydrogen (secondary N) is 1. The molecule has 2 bridgehead atoms. The zero-order valence-electron chi connectivity index (χ0n) is 11.7. The van der Waals surface area contributed by atoms with E-state index in [4.69, 9.17) is 17.3 Å². The lowest BCUT2D eigenvalue weighted by Gasteiger charge is -2.28. The first-order chi connectivity index (χ1) is 9.58. The predicted octanol–water partition coefficient (Wildman–Crippen LogP) is 2.89. The zero-order chi connectivity index (χ0) is 14.3. The van der Waals surface area contributed by atoms with E-state index < -0.39 is 0 Å². The molecular weight excluding hydrogens is 272 g/mol. The summed E-state index contributed by atoms with van der Waals surface area (Å²) < 4.78 is 0. The molecule has 0 heterocycles. The maximum absolute atomic E-state index is 12.5. The molecule has 5 atom stereocenters. The number of rotatable bonds is 3. The summed E-state index contributed by atoms with van der Waals surface area (Å²) in [4.78, 5) is 12.5. The number of carbonyl (C=O) groups excluding carboxylic acids is 1. The molecule has 0 aromatic heterocycles. The van der Waals surface area contributed by atoms with Crippen molar-refractivity contribution in [3.05, 3.63) is 34.9 Å². The molecule has 3 rings (SSSR count). The topological polar surface area (TPSA) is 55.1 Å². The summed E-state index contributed by atoms with van der Waals surface area (Å²) in [6, 6.07) is 7.59. The molecule has 0 spiro atoms. The molecule has 20 heavy (non-hydrogen) atoms. The maximum Gasteiger partial charge on any atom is 0.225 e. The van der Waals surface area contributed by atoms with Crippen molar-refractivity contribution in [1.82, 2.24) is 5.32 Å². The molecule has 2 aliphatic rings. The van der Waals surface area contributed by atoms with E-state index in [0.717, 1.165) is 18.4 Å². The van der Waals surface area contributed by atoms with Crippen LogP contribution < -0.4 is 11.1 Å². The number of amides is 1. The lowest BCUT2D eigenvalue weighted by Crippen LogP contribution is -2.45. The Hall–Kier alpha value is -1.06. The van der Waals surface area contributed by atoms with Crippen LogP contribution in [0.1, 0.15) is 37.8 Å². The fourth-order valence-corrected chi connectivity index (χ4v) is 4.24. The van der Waals surface area contributed by atoms with Crippen molar-refractivity contribution in [2.24, 2.45) is 23.5 Å². The van der Waals surface area contributed by atoms with Gasteiger partial charge >= 0.3 is 0 Å². The van der Waals surface area contributed by atoms with Crippen molar-refractivity contribution in [3.63, 3.8) is 0 Å². The summed E-state index contributed by atoms with van der Waals surface area (Å²) in [6.07, 6.45) is 3.46. The van der Waals surface area contributed by atoms with E-state index in [0.29, 0.717) is 16.9 Å². The summed E-state index contributed by atoms with van der Waals surface area (Å²) in [6.45, 7) is 1.97. The van der Waals surface area contributed by atoms with Crippen LogP contribution in [0.25, 0.3) is 0 Å². The summed E-state index contributed by atoms with van der Waals surface area (Å²) >= 11 is 6.18. The van der Waals surface area contributed by atoms with Gasteiger partial charge in [0.05, 0.1) is 12.0 Å². The summed E-state index contributed by atoms with van der Waals surface area (Å²) in [7, 11) is 0. The van der Waals surface area contributed by atoms with Crippen LogP contribution in [0, 0.1) is 17.8 Å². The first-order valence-electron chi connectivity index (χ1n) is 7.38. The SMILES string of the molecule is C[C@H](NC(=O)C1C2CCC(C2)C1N)c1ccccc1Cl. The van der Waals surface area contributed by atoms with Gasteiger partial charge < -0.3 is 11.1 Å². The minimum Gasteiger partial charge on any atom is -0.349 e. The number of carbonyl (C=O) groups is 1. The number of hydrogen-bond donors (Lipinski definition) is 2. The molecule has 3 nitrogen and oxygen atoms in total. The first-order valence-corrected chi connectivity index (χ1v) is 7.76. The largest absolute Gasteiger partial charge is 0.349 e. The minimum atomic E-state index is -0.0810. The van der Waals surface area contributed by atoms with Crippen molar-refractivity contribution in [3.8, 4) is 0 Å². The van der Waals surface area contributed by atoms with Gasteiger partial charge in [-0.05, 0) is 49.7 Å². The van der Waals surface area contributed by atoms with Crippen LogP contribution in [-0.4, -0.2) is 11.9 Å². The highest BCUT2D eigenvalue weighted by atomic mass is 35.5. The average molecular weight is 293 g/mol. The van der Waals surface area contributed by atoms with Gasteiger partial charge in [0.25, 0.3) is 0 Å². The van der Waals surface area contributed by atoms with Gasteiger partial charge in [0, 0.05) is 11.1 Å². The third-order valence-electron chi connectivity index (χ3n) is 5.01. The van der Waals surface area contributed by atoms with Gasteiger partial charge in [0.2, 0.25) is 5.91 Å². The van der Waals surface area contributed by atoms with Crippen LogP contribution in [-0.2, 0) is 4.79 Å². The van der Waals surface area contributed by atoms with Crippen molar-refractivity contribution in [2.45, 2.75) is 38.3 Å². The van der Waals surface area contributed by atoms with Crippen molar-refractivity contribution >= 4 is 17.5 Å². The number of benzene rings is 1. The summed E-state index contributed by atoms with van der Waals surface area (Å²) in [5.74, 6) is 1.11. The molecule has 1 aromatic rings. The monoisotopic (exact) mass is 292 g/mol. The van der Waals surface area contributed by atoms with Crippen molar-refractivity contribution < 1.29 is 4.79 Å². The molecule has 1 amide bonds. The smallest absolute Gasteiger partial charge is 0.225 e. The molecule has 4 heteroatoms. The van der Waals surface area contributed by atoms with Crippen molar-refractivity contribution in [1.29, 1.82) is 0 Å². The maximum atomic E-state index is 12.5. The number of nitrogens with two attached hydrogens (primary N) is 1. The van der Waals surface area contributed by atoms with E-state index in [2.05, 4.69) is 5.32 Å². The van der Waals surface area contributed by atoms with E-state index in [1.54, 1.807) is 0 Å². The van der Waals surface area contributed by atoms with Crippen LogP contribution in [0.4, 0.5) is 0 Å². The molecule has 0 aliphatic heterocycles. The second-order valence-corrected chi connectivity index (χ2v) is 6.60. The second-order valence-electron chi connectivity index (χ2n) is 6.19. The van der Waals surface area contributed by atoms with Gasteiger partial charge in [-0.3, -0.25) is 4.79 Å². The lowest BCUT2D eigenvalue weighted by molar-refractivity contribution is -0.127. The quantitative estimate of drug-likeness (QED) is 0.900. The number of halogens is 1. The van der Waals surface area contributed by atoms with E-state index >= 15 is 0 Å². The predicted molar refractivity (Wildman–Crippen MR) is 80.3 cm³/mol. The Morgan fingerprint density at radius 2 is 2.05 bits per heavy atom. The minimum absolute atomic E-state index is 0.0151. The third kappa shape index (κ3) is 2.33. The van der Waals surface area contributed by atoms with E-state index in [1.165, 1.54) is 6.42 Å². The zero-order valence-corrected chi connectivity index (χ0v) is 12.4. The number of hydrogen-bond acceptors (Lipinski definition) is 2. The Bertz CT molecular complexity index is 517. The molecule has 0 radical (unpaired) electrons. The van der Waals surface area contributed by atoms with Crippen LogP contribution in [0.2, 0.25) is 5.02 Å². The van der Waals surface area contributed by atoms with Gasteiger partial charge in [0.15, 0.2) is 0 Å². The van der Waals surface area contributed by atoms with Gasteiger partial charge in [-0.1, -0.05) is 29.8 Å². The second kappa shape index (κ2) is 5.38. The molecule has 4 unspecified atom stereocenters. The average Bonchev–Trinajstić information content (AvgIpc) is 2.99. The Morgan fingerprint density at radius 1 is 1.35 bits per heavy atom. The Labute approximate surface area is 124 Å². The fourth-order valence-electron chi connectivity index (χ4n) is 3.94. The Balaban J connectivity index is 1.69. The normalized spacial score (nSPS) is 33.1.